The Balaban J connectivity index is 1.91. The van der Waals surface area contributed by atoms with Gasteiger partial charge in [-0.2, -0.15) is 0 Å². The summed E-state index contributed by atoms with van der Waals surface area (Å²) in [6.07, 6.45) is 0.987. The van der Waals surface area contributed by atoms with Crippen molar-refractivity contribution < 1.29 is 0 Å². The summed E-state index contributed by atoms with van der Waals surface area (Å²) in [7, 11) is 0. The Labute approximate surface area is 116 Å². The number of aryl methyl sites for hydroxylation is 1. The Kier molecular flexibility index (Phi) is 2.36. The van der Waals surface area contributed by atoms with Crippen LogP contribution >= 0.6 is 0 Å². The highest BCUT2D eigenvalue weighted by molar-refractivity contribution is 5.70. The third-order valence-corrected chi connectivity index (χ3v) is 3.76. The maximum absolute atomic E-state index is 5.90. The summed E-state index contributed by atoms with van der Waals surface area (Å²) in [5, 5.41) is 8.74. The molecule has 2 N–H and O–H groups in total. The minimum Gasteiger partial charge on any atom is -0.399 e. The number of hydrogen-bond donors (Lipinski definition) is 1. The van der Waals surface area contributed by atoms with Gasteiger partial charge in [-0.25, -0.2) is 0 Å². The van der Waals surface area contributed by atoms with Gasteiger partial charge in [-0.05, 0) is 24.1 Å². The number of benzene rings is 2. The number of aromatic nitrogens is 3. The molecule has 0 spiro atoms. The monoisotopic (exact) mass is 262 g/mol. The average Bonchev–Trinajstić information content (AvgIpc) is 2.92. The van der Waals surface area contributed by atoms with E-state index in [0.29, 0.717) is 0 Å². The van der Waals surface area contributed by atoms with E-state index in [-0.39, 0.29) is 0 Å². The zero-order chi connectivity index (χ0) is 13.5. The standard InChI is InChI=1S/C16H14N4/c17-13-7-6-11-8-9-20-15(12-4-2-1-3-5-12)18-19-16(20)14(11)10-13/h1-7,10H,8-9,17H2. The Hall–Kier alpha value is -2.62. The van der Waals surface area contributed by atoms with Gasteiger partial charge in [-0.3, -0.25) is 0 Å². The lowest BCUT2D eigenvalue weighted by Gasteiger charge is -2.19. The lowest BCUT2D eigenvalue weighted by Crippen LogP contribution is -2.12. The first-order valence-electron chi connectivity index (χ1n) is 6.70. The smallest absolute Gasteiger partial charge is 0.164 e. The van der Waals surface area contributed by atoms with Gasteiger partial charge in [0.25, 0.3) is 0 Å². The van der Waals surface area contributed by atoms with Crippen LogP contribution in [0.4, 0.5) is 5.69 Å². The lowest BCUT2D eigenvalue weighted by atomic mass is 10.00. The molecule has 0 bridgehead atoms. The highest BCUT2D eigenvalue weighted by atomic mass is 15.3. The molecule has 3 aromatic rings. The maximum atomic E-state index is 5.90. The van der Waals surface area contributed by atoms with Gasteiger partial charge in [0.1, 0.15) is 0 Å². The molecule has 0 amide bonds. The summed E-state index contributed by atoms with van der Waals surface area (Å²) < 4.78 is 2.18. The molecular weight excluding hydrogens is 248 g/mol. The van der Waals surface area contributed by atoms with Crippen molar-refractivity contribution in [1.29, 1.82) is 0 Å². The predicted molar refractivity (Wildman–Crippen MR) is 79.0 cm³/mol. The SMILES string of the molecule is Nc1ccc2c(c1)-c1nnc(-c3ccccc3)n1CC2. The third-order valence-electron chi connectivity index (χ3n) is 3.76. The van der Waals surface area contributed by atoms with Gasteiger partial charge in [0.15, 0.2) is 11.6 Å². The molecule has 20 heavy (non-hydrogen) atoms. The van der Waals surface area contributed by atoms with E-state index in [1.165, 1.54) is 5.56 Å². The van der Waals surface area contributed by atoms with Crippen LogP contribution in [0.3, 0.4) is 0 Å². The normalized spacial score (nSPS) is 12.8. The van der Waals surface area contributed by atoms with Crippen LogP contribution in [0.5, 0.6) is 0 Å². The van der Waals surface area contributed by atoms with Crippen LogP contribution in [0.2, 0.25) is 0 Å². The van der Waals surface area contributed by atoms with E-state index in [2.05, 4.69) is 33.0 Å². The summed E-state index contributed by atoms with van der Waals surface area (Å²) in [6.45, 7) is 0.906. The molecule has 0 aliphatic carbocycles. The molecule has 1 aliphatic rings. The van der Waals surface area contributed by atoms with Crippen molar-refractivity contribution in [3.8, 4) is 22.8 Å². The van der Waals surface area contributed by atoms with E-state index >= 15 is 0 Å². The van der Waals surface area contributed by atoms with Crippen LogP contribution in [0, 0.1) is 0 Å². The second-order valence-electron chi connectivity index (χ2n) is 5.03. The van der Waals surface area contributed by atoms with Crippen molar-refractivity contribution in [2.24, 2.45) is 0 Å². The third kappa shape index (κ3) is 1.61. The molecule has 0 fully saturated rings. The van der Waals surface area contributed by atoms with E-state index in [0.717, 1.165) is 41.4 Å². The fourth-order valence-electron chi connectivity index (χ4n) is 2.77. The fourth-order valence-corrected chi connectivity index (χ4v) is 2.77. The van der Waals surface area contributed by atoms with E-state index in [4.69, 9.17) is 5.73 Å². The van der Waals surface area contributed by atoms with Crippen LogP contribution in [0.1, 0.15) is 5.56 Å². The van der Waals surface area contributed by atoms with Gasteiger partial charge in [0.05, 0.1) is 0 Å². The minimum atomic E-state index is 0.765. The zero-order valence-electron chi connectivity index (χ0n) is 11.0. The quantitative estimate of drug-likeness (QED) is 0.686. The van der Waals surface area contributed by atoms with Crippen molar-refractivity contribution >= 4 is 5.69 Å². The van der Waals surface area contributed by atoms with Crippen LogP contribution < -0.4 is 5.73 Å². The minimum absolute atomic E-state index is 0.765. The van der Waals surface area contributed by atoms with Crippen LogP contribution in [0.25, 0.3) is 22.8 Å². The summed E-state index contributed by atoms with van der Waals surface area (Å²) in [5.41, 5.74) is 10.2. The number of hydrogen-bond acceptors (Lipinski definition) is 3. The highest BCUT2D eigenvalue weighted by Gasteiger charge is 2.21. The summed E-state index contributed by atoms with van der Waals surface area (Å²) >= 11 is 0. The number of fused-ring (bicyclic) bond motifs is 3. The molecule has 2 aromatic carbocycles. The summed E-state index contributed by atoms with van der Waals surface area (Å²) in [6, 6.07) is 16.2. The van der Waals surface area contributed by atoms with Gasteiger partial charge in [0, 0.05) is 23.4 Å². The van der Waals surface area contributed by atoms with Crippen molar-refractivity contribution in [2.75, 3.05) is 5.73 Å². The Morgan fingerprint density at radius 3 is 2.60 bits per heavy atom. The molecule has 4 nitrogen and oxygen atoms in total. The molecule has 1 aromatic heterocycles. The molecule has 0 saturated heterocycles. The van der Waals surface area contributed by atoms with E-state index in [1.54, 1.807) is 0 Å². The van der Waals surface area contributed by atoms with Crippen molar-refractivity contribution in [1.82, 2.24) is 14.8 Å². The van der Waals surface area contributed by atoms with Gasteiger partial charge < -0.3 is 10.3 Å². The number of nitrogen functional groups attached to an aromatic ring is 1. The molecule has 0 atom stereocenters. The molecule has 98 valence electrons. The lowest BCUT2D eigenvalue weighted by molar-refractivity contribution is 0.688. The van der Waals surface area contributed by atoms with E-state index in [1.807, 2.05) is 30.3 Å². The molecule has 4 rings (SSSR count). The number of rotatable bonds is 1. The van der Waals surface area contributed by atoms with Gasteiger partial charge in [-0.15, -0.1) is 10.2 Å². The van der Waals surface area contributed by atoms with Crippen LogP contribution in [0.15, 0.2) is 48.5 Å². The average molecular weight is 262 g/mol. The van der Waals surface area contributed by atoms with Crippen LogP contribution in [-0.4, -0.2) is 14.8 Å². The Morgan fingerprint density at radius 1 is 0.950 bits per heavy atom. The molecule has 2 heterocycles. The molecule has 1 aliphatic heterocycles. The fraction of sp³-hybridized carbons (Fsp3) is 0.125. The highest BCUT2D eigenvalue weighted by Crippen LogP contribution is 2.32. The second kappa shape index (κ2) is 4.20. The second-order valence-corrected chi connectivity index (χ2v) is 5.03. The van der Waals surface area contributed by atoms with Crippen molar-refractivity contribution in [2.45, 2.75) is 13.0 Å². The first kappa shape index (κ1) is 11.2. The van der Waals surface area contributed by atoms with Gasteiger partial charge >= 0.3 is 0 Å². The largest absolute Gasteiger partial charge is 0.399 e. The zero-order valence-corrected chi connectivity index (χ0v) is 11.0. The number of nitrogens with two attached hydrogens (primary N) is 1. The predicted octanol–water partition coefficient (Wildman–Crippen LogP) is 2.75. The van der Waals surface area contributed by atoms with Crippen molar-refractivity contribution in [3.05, 3.63) is 54.1 Å². The molecule has 0 radical (unpaired) electrons. The van der Waals surface area contributed by atoms with Gasteiger partial charge in [0.2, 0.25) is 0 Å². The van der Waals surface area contributed by atoms with E-state index < -0.39 is 0 Å². The first-order valence-corrected chi connectivity index (χ1v) is 6.70. The molecule has 0 unspecified atom stereocenters. The summed E-state index contributed by atoms with van der Waals surface area (Å²) in [5.74, 6) is 1.84. The van der Waals surface area contributed by atoms with Gasteiger partial charge in [-0.1, -0.05) is 36.4 Å². The molecular formula is C16H14N4. The summed E-state index contributed by atoms with van der Waals surface area (Å²) in [4.78, 5) is 0. The molecule has 4 heteroatoms. The van der Waals surface area contributed by atoms with E-state index in [9.17, 15) is 0 Å². The maximum Gasteiger partial charge on any atom is 0.164 e. The molecule has 0 saturated carbocycles. The van der Waals surface area contributed by atoms with Crippen molar-refractivity contribution in [3.63, 3.8) is 0 Å². The number of anilines is 1. The van der Waals surface area contributed by atoms with Crippen LogP contribution in [-0.2, 0) is 13.0 Å². The Morgan fingerprint density at radius 2 is 1.75 bits per heavy atom. The first-order chi connectivity index (χ1) is 9.83. The number of nitrogens with zero attached hydrogens (tertiary/aromatic N) is 3. The Bertz CT molecular complexity index is 774. The topological polar surface area (TPSA) is 56.7 Å².